The molecular formula is C16H31NO3. The van der Waals surface area contributed by atoms with E-state index in [9.17, 15) is 9.90 Å². The lowest BCUT2D eigenvalue weighted by Gasteiger charge is -2.35. The highest BCUT2D eigenvalue weighted by Gasteiger charge is 2.38. The molecule has 3 atom stereocenters. The van der Waals surface area contributed by atoms with E-state index in [1.54, 1.807) is 0 Å². The zero-order chi connectivity index (χ0) is 15.3. The van der Waals surface area contributed by atoms with Crippen molar-refractivity contribution in [2.24, 2.45) is 5.92 Å². The highest BCUT2D eigenvalue weighted by molar-refractivity contribution is 5.69. The van der Waals surface area contributed by atoms with Crippen molar-refractivity contribution in [1.29, 1.82) is 0 Å². The van der Waals surface area contributed by atoms with E-state index in [0.29, 0.717) is 0 Å². The summed E-state index contributed by atoms with van der Waals surface area (Å²) < 4.78 is 5.49. The average Bonchev–Trinajstić information content (AvgIpc) is 2.77. The van der Waals surface area contributed by atoms with Gasteiger partial charge in [-0.25, -0.2) is 4.79 Å². The molecule has 0 bridgehead atoms. The van der Waals surface area contributed by atoms with E-state index in [4.69, 9.17) is 4.74 Å². The number of hydrogen-bond acceptors (Lipinski definition) is 3. The maximum absolute atomic E-state index is 12.3. The van der Waals surface area contributed by atoms with E-state index in [0.717, 1.165) is 38.6 Å². The Hall–Kier alpha value is -0.770. The van der Waals surface area contributed by atoms with Crippen molar-refractivity contribution >= 4 is 6.09 Å². The fourth-order valence-electron chi connectivity index (χ4n) is 3.10. The van der Waals surface area contributed by atoms with E-state index in [1.807, 2.05) is 25.7 Å². The number of aliphatic hydroxyl groups is 1. The van der Waals surface area contributed by atoms with E-state index in [-0.39, 0.29) is 24.2 Å². The smallest absolute Gasteiger partial charge is 0.410 e. The molecule has 1 amide bonds. The van der Waals surface area contributed by atoms with Gasteiger partial charge in [-0.2, -0.15) is 0 Å². The van der Waals surface area contributed by atoms with Gasteiger partial charge in [0, 0.05) is 18.5 Å². The Bertz CT molecular complexity index is 311. The predicted molar refractivity (Wildman–Crippen MR) is 80.7 cm³/mol. The second kappa shape index (κ2) is 7.30. The molecule has 20 heavy (non-hydrogen) atoms. The largest absolute Gasteiger partial charge is 0.444 e. The van der Waals surface area contributed by atoms with Gasteiger partial charge in [0.25, 0.3) is 0 Å². The molecule has 118 valence electrons. The fourth-order valence-corrected chi connectivity index (χ4v) is 3.10. The number of carbonyl (C=O) groups is 1. The van der Waals surface area contributed by atoms with Crippen LogP contribution in [0.2, 0.25) is 0 Å². The number of ether oxygens (including phenoxy) is 1. The minimum absolute atomic E-state index is 0.122. The van der Waals surface area contributed by atoms with Gasteiger partial charge >= 0.3 is 6.09 Å². The van der Waals surface area contributed by atoms with Gasteiger partial charge in [-0.05, 0) is 46.5 Å². The molecule has 4 heteroatoms. The number of likely N-dealkylation sites (tertiary alicyclic amines) is 1. The van der Waals surface area contributed by atoms with Crippen molar-refractivity contribution in [1.82, 2.24) is 4.90 Å². The standard InChI is InChI=1S/C16H31NO3/c1-6-9-14(18)12(7-2)13-10-8-11-17(13)15(19)20-16(3,4)5/h12-14,18H,6-11H2,1-5H3. The lowest BCUT2D eigenvalue weighted by molar-refractivity contribution is 0.00223. The number of aliphatic hydroxyl groups excluding tert-OH is 1. The molecule has 1 rings (SSSR count). The van der Waals surface area contributed by atoms with Gasteiger partial charge < -0.3 is 14.7 Å². The highest BCUT2D eigenvalue weighted by atomic mass is 16.6. The molecule has 1 heterocycles. The Labute approximate surface area is 123 Å². The summed E-state index contributed by atoms with van der Waals surface area (Å²) in [4.78, 5) is 14.1. The maximum atomic E-state index is 12.3. The summed E-state index contributed by atoms with van der Waals surface area (Å²) in [5.41, 5.74) is -0.464. The van der Waals surface area contributed by atoms with Gasteiger partial charge in [-0.1, -0.05) is 20.3 Å². The number of nitrogens with zero attached hydrogens (tertiary/aromatic N) is 1. The van der Waals surface area contributed by atoms with Crippen molar-refractivity contribution in [3.05, 3.63) is 0 Å². The lowest BCUT2D eigenvalue weighted by atomic mass is 9.87. The third kappa shape index (κ3) is 4.65. The quantitative estimate of drug-likeness (QED) is 0.840. The topological polar surface area (TPSA) is 49.8 Å². The van der Waals surface area contributed by atoms with Crippen LogP contribution in [0.3, 0.4) is 0 Å². The predicted octanol–water partition coefficient (Wildman–Crippen LogP) is 3.57. The Balaban J connectivity index is 2.74. The number of rotatable bonds is 5. The zero-order valence-corrected chi connectivity index (χ0v) is 13.7. The van der Waals surface area contributed by atoms with Crippen molar-refractivity contribution in [2.45, 2.75) is 84.5 Å². The van der Waals surface area contributed by atoms with Crippen molar-refractivity contribution in [2.75, 3.05) is 6.54 Å². The number of carbonyl (C=O) groups excluding carboxylic acids is 1. The van der Waals surface area contributed by atoms with E-state index in [1.165, 1.54) is 0 Å². The molecule has 0 aliphatic carbocycles. The van der Waals surface area contributed by atoms with Crippen molar-refractivity contribution in [3.63, 3.8) is 0 Å². The summed E-state index contributed by atoms with van der Waals surface area (Å²) in [5, 5.41) is 10.3. The zero-order valence-electron chi connectivity index (χ0n) is 13.7. The van der Waals surface area contributed by atoms with Crippen LogP contribution in [0.5, 0.6) is 0 Å². The normalized spacial score (nSPS) is 22.7. The Morgan fingerprint density at radius 1 is 1.40 bits per heavy atom. The highest BCUT2D eigenvalue weighted by Crippen LogP contribution is 2.31. The van der Waals surface area contributed by atoms with Gasteiger partial charge in [0.2, 0.25) is 0 Å². The first-order chi connectivity index (χ1) is 9.30. The first kappa shape index (κ1) is 17.3. The second-order valence-electron chi connectivity index (χ2n) is 6.81. The van der Waals surface area contributed by atoms with Crippen LogP contribution in [0.25, 0.3) is 0 Å². The molecule has 0 aromatic heterocycles. The SMILES string of the molecule is CCCC(O)C(CC)C1CCCN1C(=O)OC(C)(C)C. The van der Waals surface area contributed by atoms with E-state index >= 15 is 0 Å². The molecule has 0 aromatic carbocycles. The van der Waals surface area contributed by atoms with Crippen LogP contribution in [-0.2, 0) is 4.74 Å². The third-order valence-electron chi connectivity index (χ3n) is 3.97. The summed E-state index contributed by atoms with van der Waals surface area (Å²) in [6.07, 6.45) is 4.08. The molecule has 0 radical (unpaired) electrons. The fraction of sp³-hybridized carbons (Fsp3) is 0.938. The molecule has 1 aliphatic rings. The second-order valence-corrected chi connectivity index (χ2v) is 6.81. The van der Waals surface area contributed by atoms with Gasteiger partial charge in [0.15, 0.2) is 0 Å². The van der Waals surface area contributed by atoms with Crippen LogP contribution in [-0.4, -0.2) is 40.4 Å². The Kier molecular flexibility index (Phi) is 6.31. The summed E-state index contributed by atoms with van der Waals surface area (Å²) in [5.74, 6) is 0.157. The van der Waals surface area contributed by atoms with Gasteiger partial charge in [0.1, 0.15) is 5.60 Å². The minimum Gasteiger partial charge on any atom is -0.444 e. The Morgan fingerprint density at radius 3 is 2.55 bits per heavy atom. The molecular weight excluding hydrogens is 254 g/mol. The van der Waals surface area contributed by atoms with Crippen molar-refractivity contribution < 1.29 is 14.6 Å². The molecule has 4 nitrogen and oxygen atoms in total. The summed E-state index contributed by atoms with van der Waals surface area (Å²) in [6.45, 7) is 10.6. The minimum atomic E-state index is -0.464. The van der Waals surface area contributed by atoms with Crippen LogP contribution < -0.4 is 0 Å². The molecule has 1 saturated heterocycles. The monoisotopic (exact) mass is 285 g/mol. The van der Waals surface area contributed by atoms with Crippen LogP contribution in [0, 0.1) is 5.92 Å². The molecule has 3 unspecified atom stereocenters. The van der Waals surface area contributed by atoms with Gasteiger partial charge in [-0.15, -0.1) is 0 Å². The molecule has 1 fully saturated rings. The average molecular weight is 285 g/mol. The first-order valence-electron chi connectivity index (χ1n) is 7.97. The van der Waals surface area contributed by atoms with Crippen LogP contribution in [0.15, 0.2) is 0 Å². The third-order valence-corrected chi connectivity index (χ3v) is 3.97. The van der Waals surface area contributed by atoms with Crippen LogP contribution >= 0.6 is 0 Å². The summed E-state index contributed by atoms with van der Waals surface area (Å²) in [6, 6.07) is 0.122. The molecule has 1 N–H and O–H groups in total. The molecule has 0 spiro atoms. The first-order valence-corrected chi connectivity index (χ1v) is 7.97. The van der Waals surface area contributed by atoms with Crippen LogP contribution in [0.1, 0.15) is 66.7 Å². The van der Waals surface area contributed by atoms with E-state index in [2.05, 4.69) is 13.8 Å². The van der Waals surface area contributed by atoms with Crippen molar-refractivity contribution in [3.8, 4) is 0 Å². The summed E-state index contributed by atoms with van der Waals surface area (Å²) in [7, 11) is 0. The number of amides is 1. The van der Waals surface area contributed by atoms with Crippen LogP contribution in [0.4, 0.5) is 4.79 Å². The van der Waals surface area contributed by atoms with Gasteiger partial charge in [-0.3, -0.25) is 0 Å². The van der Waals surface area contributed by atoms with Gasteiger partial charge in [0.05, 0.1) is 6.10 Å². The van der Waals surface area contributed by atoms with E-state index < -0.39 is 5.60 Å². The molecule has 1 aliphatic heterocycles. The Morgan fingerprint density at radius 2 is 2.05 bits per heavy atom. The molecule has 0 saturated carbocycles. The molecule has 0 aromatic rings. The maximum Gasteiger partial charge on any atom is 0.410 e. The summed E-state index contributed by atoms with van der Waals surface area (Å²) >= 11 is 0. The lowest BCUT2D eigenvalue weighted by Crippen LogP contribution is -2.45. The number of hydrogen-bond donors (Lipinski definition) is 1.